The fourth-order valence-electron chi connectivity index (χ4n) is 4.38. The van der Waals surface area contributed by atoms with Crippen LogP contribution in [0.5, 0.6) is 0 Å². The molecule has 0 unspecified atom stereocenters. The van der Waals surface area contributed by atoms with E-state index < -0.39 is 11.4 Å². The largest absolute Gasteiger partial charge is 0.481 e. The SMILES string of the molecule is NC1CC(C(=O)O)(C2(c3ccccc3)CCCC2)C1. The Hall–Kier alpha value is -1.35. The summed E-state index contributed by atoms with van der Waals surface area (Å²) < 4.78 is 0. The Kier molecular flexibility index (Phi) is 2.90. The van der Waals surface area contributed by atoms with Crippen LogP contribution in [0.4, 0.5) is 0 Å². The Morgan fingerprint density at radius 3 is 2.21 bits per heavy atom. The molecule has 0 heterocycles. The molecule has 2 fully saturated rings. The lowest BCUT2D eigenvalue weighted by atomic mass is 9.48. The van der Waals surface area contributed by atoms with Crippen molar-refractivity contribution < 1.29 is 9.90 Å². The first kappa shape index (κ1) is 12.7. The molecule has 0 atom stereocenters. The van der Waals surface area contributed by atoms with Gasteiger partial charge in [0.05, 0.1) is 5.41 Å². The van der Waals surface area contributed by atoms with Crippen LogP contribution in [-0.4, -0.2) is 17.1 Å². The highest BCUT2D eigenvalue weighted by Crippen LogP contribution is 2.61. The maximum atomic E-state index is 12.0. The topological polar surface area (TPSA) is 63.3 Å². The number of nitrogens with two attached hydrogens (primary N) is 1. The molecule has 0 amide bonds. The van der Waals surface area contributed by atoms with E-state index in [0.717, 1.165) is 25.7 Å². The van der Waals surface area contributed by atoms with E-state index in [0.29, 0.717) is 12.8 Å². The molecule has 1 aromatic carbocycles. The van der Waals surface area contributed by atoms with E-state index >= 15 is 0 Å². The average Bonchev–Trinajstić information content (AvgIpc) is 2.86. The summed E-state index contributed by atoms with van der Waals surface area (Å²) in [6, 6.07) is 10.3. The lowest BCUT2D eigenvalue weighted by Gasteiger charge is -2.54. The van der Waals surface area contributed by atoms with E-state index in [2.05, 4.69) is 12.1 Å². The summed E-state index contributed by atoms with van der Waals surface area (Å²) >= 11 is 0. The van der Waals surface area contributed by atoms with Crippen LogP contribution in [0.25, 0.3) is 0 Å². The van der Waals surface area contributed by atoms with E-state index in [9.17, 15) is 9.90 Å². The number of hydrogen-bond donors (Lipinski definition) is 2. The molecule has 102 valence electrons. The highest BCUT2D eigenvalue weighted by Gasteiger charge is 2.63. The third-order valence-electron chi connectivity index (χ3n) is 5.33. The first-order valence-corrected chi connectivity index (χ1v) is 7.15. The molecule has 0 spiro atoms. The molecule has 0 aromatic heterocycles. The number of aliphatic carboxylic acids is 1. The molecule has 19 heavy (non-hydrogen) atoms. The lowest BCUT2D eigenvalue weighted by Crippen LogP contribution is -2.61. The Morgan fingerprint density at radius 1 is 1.16 bits per heavy atom. The van der Waals surface area contributed by atoms with Gasteiger partial charge in [-0.3, -0.25) is 4.79 Å². The number of benzene rings is 1. The number of carboxylic acids is 1. The zero-order chi connectivity index (χ0) is 13.5. The third kappa shape index (κ3) is 1.64. The van der Waals surface area contributed by atoms with Crippen molar-refractivity contribution in [2.75, 3.05) is 0 Å². The summed E-state index contributed by atoms with van der Waals surface area (Å²) in [4.78, 5) is 12.0. The van der Waals surface area contributed by atoms with Crippen LogP contribution in [0.1, 0.15) is 44.1 Å². The molecule has 0 bridgehead atoms. The number of hydrogen-bond acceptors (Lipinski definition) is 2. The van der Waals surface area contributed by atoms with Crippen molar-refractivity contribution in [1.82, 2.24) is 0 Å². The van der Waals surface area contributed by atoms with Gasteiger partial charge in [0.2, 0.25) is 0 Å². The molecule has 3 heteroatoms. The number of carboxylic acid groups (broad SMARTS) is 1. The molecule has 0 aliphatic heterocycles. The van der Waals surface area contributed by atoms with Crippen molar-refractivity contribution in [2.24, 2.45) is 11.1 Å². The van der Waals surface area contributed by atoms with Crippen molar-refractivity contribution in [2.45, 2.75) is 50.0 Å². The van der Waals surface area contributed by atoms with Gasteiger partial charge in [0.1, 0.15) is 0 Å². The molecule has 1 aromatic rings. The summed E-state index contributed by atoms with van der Waals surface area (Å²) in [7, 11) is 0. The van der Waals surface area contributed by atoms with Crippen molar-refractivity contribution >= 4 is 5.97 Å². The Labute approximate surface area is 113 Å². The lowest BCUT2D eigenvalue weighted by molar-refractivity contribution is -0.164. The van der Waals surface area contributed by atoms with Gasteiger partial charge in [-0.15, -0.1) is 0 Å². The summed E-state index contributed by atoms with van der Waals surface area (Å²) in [6.07, 6.45) is 5.46. The van der Waals surface area contributed by atoms with Crippen LogP contribution in [0.15, 0.2) is 30.3 Å². The highest BCUT2D eigenvalue weighted by atomic mass is 16.4. The van der Waals surface area contributed by atoms with Crippen molar-refractivity contribution in [1.29, 1.82) is 0 Å². The summed E-state index contributed by atoms with van der Waals surface area (Å²) in [5.74, 6) is -0.653. The van der Waals surface area contributed by atoms with Gasteiger partial charge in [-0.2, -0.15) is 0 Å². The second-order valence-electron chi connectivity index (χ2n) is 6.21. The van der Waals surface area contributed by atoms with Crippen LogP contribution in [-0.2, 0) is 10.2 Å². The minimum absolute atomic E-state index is 0.0530. The van der Waals surface area contributed by atoms with E-state index in [1.807, 2.05) is 18.2 Å². The van der Waals surface area contributed by atoms with Gasteiger partial charge in [-0.1, -0.05) is 43.2 Å². The highest BCUT2D eigenvalue weighted by molar-refractivity contribution is 5.79. The maximum absolute atomic E-state index is 12.0. The van der Waals surface area contributed by atoms with Crippen molar-refractivity contribution in [3.8, 4) is 0 Å². The van der Waals surface area contributed by atoms with Gasteiger partial charge >= 0.3 is 5.97 Å². The smallest absolute Gasteiger partial charge is 0.310 e. The van der Waals surface area contributed by atoms with Gasteiger partial charge in [0.25, 0.3) is 0 Å². The predicted molar refractivity (Wildman–Crippen MR) is 73.9 cm³/mol. The molecular formula is C16H21NO2. The maximum Gasteiger partial charge on any atom is 0.310 e. The average molecular weight is 259 g/mol. The second kappa shape index (κ2) is 4.34. The van der Waals surface area contributed by atoms with Gasteiger partial charge < -0.3 is 10.8 Å². The molecule has 2 aliphatic rings. The fourth-order valence-corrected chi connectivity index (χ4v) is 4.38. The Bertz CT molecular complexity index is 471. The summed E-state index contributed by atoms with van der Waals surface area (Å²) in [5.41, 5.74) is 6.30. The second-order valence-corrected chi connectivity index (χ2v) is 6.21. The standard InChI is InChI=1S/C16H21NO2/c17-13-10-16(11-13,14(18)19)15(8-4-5-9-15)12-6-2-1-3-7-12/h1-3,6-7,13H,4-5,8-11,17H2,(H,18,19). The van der Waals surface area contributed by atoms with Crippen LogP contribution in [0, 0.1) is 5.41 Å². The Morgan fingerprint density at radius 2 is 1.74 bits per heavy atom. The van der Waals surface area contributed by atoms with Crippen molar-refractivity contribution in [3.05, 3.63) is 35.9 Å². The molecule has 3 N–H and O–H groups in total. The quantitative estimate of drug-likeness (QED) is 0.877. The van der Waals surface area contributed by atoms with Crippen LogP contribution in [0.2, 0.25) is 0 Å². The number of carbonyl (C=O) groups is 1. The molecule has 3 nitrogen and oxygen atoms in total. The third-order valence-corrected chi connectivity index (χ3v) is 5.33. The molecular weight excluding hydrogens is 238 g/mol. The van der Waals surface area contributed by atoms with E-state index in [1.54, 1.807) is 0 Å². The molecule has 3 rings (SSSR count). The fraction of sp³-hybridized carbons (Fsp3) is 0.562. The van der Waals surface area contributed by atoms with Gasteiger partial charge in [0.15, 0.2) is 0 Å². The van der Waals surface area contributed by atoms with E-state index in [4.69, 9.17) is 5.73 Å². The monoisotopic (exact) mass is 259 g/mol. The minimum Gasteiger partial charge on any atom is -0.481 e. The molecule has 0 radical (unpaired) electrons. The van der Waals surface area contributed by atoms with Crippen LogP contribution < -0.4 is 5.73 Å². The van der Waals surface area contributed by atoms with Crippen molar-refractivity contribution in [3.63, 3.8) is 0 Å². The normalized spacial score (nSPS) is 32.8. The van der Waals surface area contributed by atoms with Crippen LogP contribution >= 0.6 is 0 Å². The summed E-state index contributed by atoms with van der Waals surface area (Å²) in [5, 5.41) is 9.83. The zero-order valence-corrected chi connectivity index (χ0v) is 11.1. The van der Waals surface area contributed by atoms with Gasteiger partial charge in [-0.25, -0.2) is 0 Å². The van der Waals surface area contributed by atoms with E-state index in [1.165, 1.54) is 5.56 Å². The van der Waals surface area contributed by atoms with Gasteiger partial charge in [0, 0.05) is 11.5 Å². The first-order chi connectivity index (χ1) is 9.11. The predicted octanol–water partition coefficient (Wildman–Crippen LogP) is 2.69. The molecule has 2 saturated carbocycles. The zero-order valence-electron chi connectivity index (χ0n) is 11.1. The Balaban J connectivity index is 2.08. The molecule has 2 aliphatic carbocycles. The summed E-state index contributed by atoms with van der Waals surface area (Å²) in [6.45, 7) is 0. The number of rotatable bonds is 3. The first-order valence-electron chi connectivity index (χ1n) is 7.15. The van der Waals surface area contributed by atoms with Crippen LogP contribution in [0.3, 0.4) is 0 Å². The van der Waals surface area contributed by atoms with Gasteiger partial charge in [-0.05, 0) is 31.2 Å². The minimum atomic E-state index is -0.653. The molecule has 0 saturated heterocycles. The van der Waals surface area contributed by atoms with E-state index in [-0.39, 0.29) is 11.5 Å².